The molecule has 2 aliphatic rings. The molecule has 2 aliphatic carbocycles. The SMILES string of the molecule is CC1=CC(C)(C)C2CC1C(C)(C)C=C2C. The van der Waals surface area contributed by atoms with Crippen LogP contribution in [0.25, 0.3) is 0 Å². The topological polar surface area (TPSA) is 0 Å². The standard InChI is InChI=1S/C15H24/c1-10-8-14(3,4)13-7-12(10)15(5,6)9-11(13)2/h8-9,12-13H,7H2,1-6H3. The molecule has 2 bridgehead atoms. The fourth-order valence-corrected chi connectivity index (χ4v) is 3.96. The Morgan fingerprint density at radius 1 is 0.867 bits per heavy atom. The molecule has 0 aromatic heterocycles. The second kappa shape index (κ2) is 2.99. The molecule has 2 atom stereocenters. The first kappa shape index (κ1) is 11.0. The van der Waals surface area contributed by atoms with Gasteiger partial charge in [-0.3, -0.25) is 0 Å². The van der Waals surface area contributed by atoms with Gasteiger partial charge in [0.2, 0.25) is 0 Å². The second-order valence-electron chi connectivity index (χ2n) is 6.76. The van der Waals surface area contributed by atoms with Crippen molar-refractivity contribution in [1.29, 1.82) is 0 Å². The molecule has 2 rings (SSSR count). The third-order valence-corrected chi connectivity index (χ3v) is 4.57. The first-order chi connectivity index (χ1) is 6.74. The smallest absolute Gasteiger partial charge is 0.0107 e. The molecule has 15 heavy (non-hydrogen) atoms. The maximum absolute atomic E-state index is 2.52. The molecule has 0 fully saturated rings. The molecular weight excluding hydrogens is 180 g/mol. The van der Waals surface area contributed by atoms with Crippen molar-refractivity contribution in [2.75, 3.05) is 0 Å². The van der Waals surface area contributed by atoms with Gasteiger partial charge in [-0.05, 0) is 42.9 Å². The Morgan fingerprint density at radius 3 is 1.53 bits per heavy atom. The quantitative estimate of drug-likeness (QED) is 0.507. The lowest BCUT2D eigenvalue weighted by atomic mass is 9.55. The molecule has 0 aromatic rings. The minimum absolute atomic E-state index is 0.359. The van der Waals surface area contributed by atoms with Crippen molar-refractivity contribution in [3.05, 3.63) is 23.3 Å². The molecule has 0 aromatic carbocycles. The van der Waals surface area contributed by atoms with E-state index in [0.29, 0.717) is 10.8 Å². The number of rotatable bonds is 0. The normalized spacial score (nSPS) is 36.9. The molecule has 0 saturated heterocycles. The van der Waals surface area contributed by atoms with Crippen LogP contribution >= 0.6 is 0 Å². The Labute approximate surface area is 94.5 Å². The van der Waals surface area contributed by atoms with Gasteiger partial charge in [-0.25, -0.2) is 0 Å². The summed E-state index contributed by atoms with van der Waals surface area (Å²) in [6, 6.07) is 0. The highest BCUT2D eigenvalue weighted by molar-refractivity contribution is 5.30. The Morgan fingerprint density at radius 2 is 1.20 bits per heavy atom. The largest absolute Gasteiger partial charge is 0.0790 e. The van der Waals surface area contributed by atoms with E-state index in [1.54, 1.807) is 11.1 Å². The molecule has 0 spiro atoms. The molecule has 0 radical (unpaired) electrons. The number of hydrogen-bond acceptors (Lipinski definition) is 0. The van der Waals surface area contributed by atoms with E-state index in [2.05, 4.69) is 53.7 Å². The zero-order valence-electron chi connectivity index (χ0n) is 11.0. The van der Waals surface area contributed by atoms with Crippen LogP contribution in [0.15, 0.2) is 23.3 Å². The molecular formula is C15H24. The molecule has 0 nitrogen and oxygen atoms in total. The molecule has 0 aliphatic heterocycles. The van der Waals surface area contributed by atoms with Gasteiger partial charge in [0.1, 0.15) is 0 Å². The van der Waals surface area contributed by atoms with Gasteiger partial charge in [0.05, 0.1) is 0 Å². The van der Waals surface area contributed by atoms with Crippen LogP contribution in [0.3, 0.4) is 0 Å². The summed E-state index contributed by atoms with van der Waals surface area (Å²) in [6.07, 6.45) is 6.39. The zero-order chi connectivity index (χ0) is 11.4. The minimum atomic E-state index is 0.359. The van der Waals surface area contributed by atoms with E-state index in [1.807, 2.05) is 0 Å². The highest BCUT2D eigenvalue weighted by Gasteiger charge is 2.44. The van der Waals surface area contributed by atoms with Gasteiger partial charge in [0.25, 0.3) is 0 Å². The zero-order valence-corrected chi connectivity index (χ0v) is 11.0. The van der Waals surface area contributed by atoms with Crippen LogP contribution in [-0.2, 0) is 0 Å². The number of fused-ring (bicyclic) bond motifs is 2. The van der Waals surface area contributed by atoms with Crippen molar-refractivity contribution >= 4 is 0 Å². The van der Waals surface area contributed by atoms with Crippen molar-refractivity contribution in [2.45, 2.75) is 48.0 Å². The summed E-state index contributed by atoms with van der Waals surface area (Å²) in [5, 5.41) is 0. The van der Waals surface area contributed by atoms with Crippen LogP contribution in [0, 0.1) is 22.7 Å². The molecule has 0 N–H and O–H groups in total. The molecule has 84 valence electrons. The van der Waals surface area contributed by atoms with Gasteiger partial charge in [-0.2, -0.15) is 0 Å². The Hall–Kier alpha value is -0.520. The predicted octanol–water partition coefficient (Wildman–Crippen LogP) is 4.58. The van der Waals surface area contributed by atoms with Crippen molar-refractivity contribution in [3.63, 3.8) is 0 Å². The average molecular weight is 204 g/mol. The van der Waals surface area contributed by atoms with Gasteiger partial charge in [-0.1, -0.05) is 51.0 Å². The summed E-state index contributed by atoms with van der Waals surface area (Å²) >= 11 is 0. The lowest BCUT2D eigenvalue weighted by Crippen LogP contribution is -2.40. The second-order valence-corrected chi connectivity index (χ2v) is 6.76. The summed E-state index contributed by atoms with van der Waals surface area (Å²) < 4.78 is 0. The molecule has 0 heterocycles. The van der Waals surface area contributed by atoms with Crippen molar-refractivity contribution in [1.82, 2.24) is 0 Å². The van der Waals surface area contributed by atoms with E-state index >= 15 is 0 Å². The average Bonchev–Trinajstić information content (AvgIpc) is 1.98. The summed E-state index contributed by atoms with van der Waals surface area (Å²) in [6.45, 7) is 14.2. The first-order valence-corrected chi connectivity index (χ1v) is 6.13. The fraction of sp³-hybridized carbons (Fsp3) is 0.733. The Kier molecular flexibility index (Phi) is 2.19. The van der Waals surface area contributed by atoms with Crippen LogP contribution in [0.5, 0.6) is 0 Å². The Bertz CT molecular complexity index is 305. The van der Waals surface area contributed by atoms with Crippen molar-refractivity contribution in [3.8, 4) is 0 Å². The third-order valence-electron chi connectivity index (χ3n) is 4.57. The van der Waals surface area contributed by atoms with Gasteiger partial charge in [-0.15, -0.1) is 0 Å². The third kappa shape index (κ3) is 1.58. The summed E-state index contributed by atoms with van der Waals surface area (Å²) in [5.41, 5.74) is 3.92. The van der Waals surface area contributed by atoms with Crippen LogP contribution < -0.4 is 0 Å². The van der Waals surface area contributed by atoms with Gasteiger partial charge in [0, 0.05) is 0 Å². The maximum atomic E-state index is 2.52. The van der Waals surface area contributed by atoms with Crippen LogP contribution in [-0.4, -0.2) is 0 Å². The van der Waals surface area contributed by atoms with E-state index in [0.717, 1.165) is 11.8 Å². The maximum Gasteiger partial charge on any atom is -0.0107 e. The summed E-state index contributed by atoms with van der Waals surface area (Å²) in [7, 11) is 0. The lowest BCUT2D eigenvalue weighted by molar-refractivity contribution is 0.166. The van der Waals surface area contributed by atoms with E-state index in [9.17, 15) is 0 Å². The summed E-state index contributed by atoms with van der Waals surface area (Å²) in [5.74, 6) is 1.53. The lowest BCUT2D eigenvalue weighted by Gasteiger charge is -2.49. The van der Waals surface area contributed by atoms with Gasteiger partial charge < -0.3 is 0 Å². The van der Waals surface area contributed by atoms with Crippen LogP contribution in [0.4, 0.5) is 0 Å². The van der Waals surface area contributed by atoms with Crippen LogP contribution in [0.1, 0.15) is 48.0 Å². The van der Waals surface area contributed by atoms with E-state index in [-0.39, 0.29) is 0 Å². The molecule has 0 saturated carbocycles. The monoisotopic (exact) mass is 204 g/mol. The Balaban J connectivity index is 2.51. The van der Waals surface area contributed by atoms with Crippen molar-refractivity contribution < 1.29 is 0 Å². The van der Waals surface area contributed by atoms with Crippen LogP contribution in [0.2, 0.25) is 0 Å². The molecule has 0 amide bonds. The summed E-state index contributed by atoms with van der Waals surface area (Å²) in [4.78, 5) is 0. The minimum Gasteiger partial charge on any atom is -0.0790 e. The van der Waals surface area contributed by atoms with Crippen molar-refractivity contribution in [2.24, 2.45) is 22.7 Å². The molecule has 2 unspecified atom stereocenters. The fourth-order valence-electron chi connectivity index (χ4n) is 3.96. The van der Waals surface area contributed by atoms with Gasteiger partial charge in [0.15, 0.2) is 0 Å². The number of hydrogen-bond donors (Lipinski definition) is 0. The highest BCUT2D eigenvalue weighted by atomic mass is 14.5. The molecule has 0 heteroatoms. The number of allylic oxidation sites excluding steroid dienone is 4. The highest BCUT2D eigenvalue weighted by Crippen LogP contribution is 2.54. The van der Waals surface area contributed by atoms with Gasteiger partial charge >= 0.3 is 0 Å². The van der Waals surface area contributed by atoms with E-state index in [1.165, 1.54) is 6.42 Å². The van der Waals surface area contributed by atoms with E-state index < -0.39 is 0 Å². The first-order valence-electron chi connectivity index (χ1n) is 6.13. The predicted molar refractivity (Wildman–Crippen MR) is 66.7 cm³/mol. The van der Waals surface area contributed by atoms with E-state index in [4.69, 9.17) is 0 Å².